The molecule has 7 heteroatoms. The molecule has 0 spiro atoms. The highest BCUT2D eigenvalue weighted by atomic mass is 32.1. The Morgan fingerprint density at radius 2 is 2.25 bits per heavy atom. The number of Topliss-reactive ketones (excluding diaryl/α,β-unsaturated/α-hetero) is 1. The highest BCUT2D eigenvalue weighted by molar-refractivity contribution is 7.09. The van der Waals surface area contributed by atoms with Crippen LogP contribution in [0.15, 0.2) is 23.7 Å². The van der Waals surface area contributed by atoms with Gasteiger partial charge in [-0.25, -0.2) is 4.68 Å². The number of ketones is 1. The number of carbonyl (C=O) groups is 2. The van der Waals surface area contributed by atoms with Crippen LogP contribution in [0.25, 0.3) is 0 Å². The van der Waals surface area contributed by atoms with Crippen molar-refractivity contribution in [2.24, 2.45) is 5.92 Å². The van der Waals surface area contributed by atoms with Crippen LogP contribution in [0.2, 0.25) is 0 Å². The van der Waals surface area contributed by atoms with Gasteiger partial charge in [0.05, 0.1) is 12.7 Å². The number of amides is 1. The molecule has 1 saturated heterocycles. The highest BCUT2D eigenvalue weighted by Crippen LogP contribution is 2.33. The molecule has 1 saturated carbocycles. The third-order valence-corrected chi connectivity index (χ3v) is 5.89. The predicted molar refractivity (Wildman–Crippen MR) is 89.8 cm³/mol. The van der Waals surface area contributed by atoms with Gasteiger partial charge >= 0.3 is 0 Å². The van der Waals surface area contributed by atoms with E-state index in [0.717, 1.165) is 25.7 Å². The Morgan fingerprint density at radius 1 is 1.33 bits per heavy atom. The van der Waals surface area contributed by atoms with E-state index in [0.29, 0.717) is 31.0 Å². The molecule has 1 amide bonds. The number of nitrogens with zero attached hydrogens (tertiary/aromatic N) is 4. The molecule has 2 aromatic heterocycles. The van der Waals surface area contributed by atoms with E-state index in [4.69, 9.17) is 0 Å². The number of rotatable bonds is 4. The van der Waals surface area contributed by atoms with Crippen molar-refractivity contribution in [3.05, 3.63) is 34.3 Å². The number of thiophene rings is 1. The third-order valence-electron chi connectivity index (χ3n) is 5.03. The molecule has 2 atom stereocenters. The second kappa shape index (κ2) is 6.47. The SMILES string of the molecule is O=C1CCC[C@@H]1[C@H]1CCCN1C(=O)c1cn(Cc2cccs2)nn1. The molecule has 1 aliphatic carbocycles. The molecule has 2 aromatic rings. The molecule has 2 aliphatic rings. The maximum atomic E-state index is 12.8. The van der Waals surface area contributed by atoms with Crippen molar-refractivity contribution in [2.75, 3.05) is 6.54 Å². The van der Waals surface area contributed by atoms with Gasteiger partial charge in [0, 0.05) is 29.8 Å². The normalized spacial score (nSPS) is 24.0. The van der Waals surface area contributed by atoms with Crippen LogP contribution in [-0.2, 0) is 11.3 Å². The molecule has 6 nitrogen and oxygen atoms in total. The second-order valence-corrected chi connectivity index (χ2v) is 7.59. The summed E-state index contributed by atoms with van der Waals surface area (Å²) < 4.78 is 1.70. The Kier molecular flexibility index (Phi) is 4.18. The van der Waals surface area contributed by atoms with E-state index >= 15 is 0 Å². The summed E-state index contributed by atoms with van der Waals surface area (Å²) in [6.45, 7) is 1.34. The van der Waals surface area contributed by atoms with Crippen molar-refractivity contribution >= 4 is 23.0 Å². The lowest BCUT2D eigenvalue weighted by Crippen LogP contribution is -2.41. The number of hydrogen-bond acceptors (Lipinski definition) is 5. The molecule has 2 fully saturated rings. The van der Waals surface area contributed by atoms with Crippen LogP contribution in [0.5, 0.6) is 0 Å². The van der Waals surface area contributed by atoms with Crippen LogP contribution in [0.3, 0.4) is 0 Å². The summed E-state index contributed by atoms with van der Waals surface area (Å²) in [5.41, 5.74) is 0.379. The number of aromatic nitrogens is 3. The maximum absolute atomic E-state index is 12.8. The van der Waals surface area contributed by atoms with Crippen molar-refractivity contribution in [3.63, 3.8) is 0 Å². The first-order chi connectivity index (χ1) is 11.7. The molecule has 24 heavy (non-hydrogen) atoms. The van der Waals surface area contributed by atoms with Gasteiger partial charge in [-0.15, -0.1) is 16.4 Å². The van der Waals surface area contributed by atoms with Crippen LogP contribution in [-0.4, -0.2) is 44.2 Å². The largest absolute Gasteiger partial charge is 0.333 e. The zero-order chi connectivity index (χ0) is 16.5. The summed E-state index contributed by atoms with van der Waals surface area (Å²) in [5.74, 6) is 0.258. The molecule has 0 bridgehead atoms. The van der Waals surface area contributed by atoms with Gasteiger partial charge in [-0.05, 0) is 37.1 Å². The van der Waals surface area contributed by atoms with E-state index in [1.165, 1.54) is 4.88 Å². The number of carbonyl (C=O) groups excluding carboxylic acids is 2. The topological polar surface area (TPSA) is 68.1 Å². The fraction of sp³-hybridized carbons (Fsp3) is 0.529. The van der Waals surface area contributed by atoms with Gasteiger partial charge in [-0.3, -0.25) is 9.59 Å². The maximum Gasteiger partial charge on any atom is 0.276 e. The Hall–Kier alpha value is -2.02. The van der Waals surface area contributed by atoms with Gasteiger partial charge in [0.1, 0.15) is 5.78 Å². The average Bonchev–Trinajstić information content (AvgIpc) is 3.34. The van der Waals surface area contributed by atoms with Gasteiger partial charge in [-0.1, -0.05) is 11.3 Å². The minimum absolute atomic E-state index is 0.0256. The van der Waals surface area contributed by atoms with E-state index in [1.807, 2.05) is 22.4 Å². The zero-order valence-electron chi connectivity index (χ0n) is 13.4. The molecule has 0 radical (unpaired) electrons. The molecule has 0 unspecified atom stereocenters. The van der Waals surface area contributed by atoms with Crippen LogP contribution in [0.1, 0.15) is 47.5 Å². The lowest BCUT2D eigenvalue weighted by atomic mass is 9.95. The summed E-state index contributed by atoms with van der Waals surface area (Å²) in [6.07, 6.45) is 6.14. The van der Waals surface area contributed by atoms with E-state index < -0.39 is 0 Å². The van der Waals surface area contributed by atoms with Crippen molar-refractivity contribution < 1.29 is 9.59 Å². The monoisotopic (exact) mass is 344 g/mol. The van der Waals surface area contributed by atoms with Gasteiger partial charge in [-0.2, -0.15) is 0 Å². The molecule has 4 rings (SSSR count). The lowest BCUT2D eigenvalue weighted by molar-refractivity contribution is -0.121. The predicted octanol–water partition coefficient (Wildman–Crippen LogP) is 2.36. The van der Waals surface area contributed by atoms with Crippen LogP contribution >= 0.6 is 11.3 Å². The molecule has 126 valence electrons. The fourth-order valence-corrected chi connectivity index (χ4v) is 4.59. The van der Waals surface area contributed by atoms with Crippen molar-refractivity contribution in [1.29, 1.82) is 0 Å². The van der Waals surface area contributed by atoms with Gasteiger partial charge < -0.3 is 4.90 Å². The Balaban J connectivity index is 1.48. The van der Waals surface area contributed by atoms with E-state index in [1.54, 1.807) is 22.2 Å². The fourth-order valence-electron chi connectivity index (χ4n) is 3.90. The minimum atomic E-state index is -0.0883. The smallest absolute Gasteiger partial charge is 0.276 e. The summed E-state index contributed by atoms with van der Waals surface area (Å²) in [7, 11) is 0. The van der Waals surface area contributed by atoms with Crippen molar-refractivity contribution in [2.45, 2.75) is 44.7 Å². The Morgan fingerprint density at radius 3 is 3.00 bits per heavy atom. The lowest BCUT2D eigenvalue weighted by Gasteiger charge is -2.27. The second-order valence-electron chi connectivity index (χ2n) is 6.55. The minimum Gasteiger partial charge on any atom is -0.333 e. The first kappa shape index (κ1) is 15.5. The summed E-state index contributed by atoms with van der Waals surface area (Å²) in [5, 5.41) is 10.2. The quantitative estimate of drug-likeness (QED) is 0.854. The van der Waals surface area contributed by atoms with Gasteiger partial charge in [0.25, 0.3) is 5.91 Å². The average molecular weight is 344 g/mol. The molecule has 3 heterocycles. The molecule has 1 aliphatic heterocycles. The Bertz CT molecular complexity index is 740. The number of likely N-dealkylation sites (tertiary alicyclic amines) is 1. The first-order valence-corrected chi connectivity index (χ1v) is 9.36. The Labute approximate surface area is 144 Å². The molecular formula is C17H20N4O2S. The van der Waals surface area contributed by atoms with Crippen molar-refractivity contribution in [1.82, 2.24) is 19.9 Å². The summed E-state index contributed by atoms with van der Waals surface area (Å²) >= 11 is 1.66. The number of hydrogen-bond donors (Lipinski definition) is 0. The van der Waals surface area contributed by atoms with Crippen molar-refractivity contribution in [3.8, 4) is 0 Å². The summed E-state index contributed by atoms with van der Waals surface area (Å²) in [4.78, 5) is 27.9. The van der Waals surface area contributed by atoms with Crippen LogP contribution < -0.4 is 0 Å². The van der Waals surface area contributed by atoms with Gasteiger partial charge in [0.15, 0.2) is 5.69 Å². The van der Waals surface area contributed by atoms with Gasteiger partial charge in [0.2, 0.25) is 0 Å². The molecule has 0 N–H and O–H groups in total. The standard InChI is InChI=1S/C17H20N4O2S/c22-16-7-1-5-13(16)15-6-2-8-21(15)17(23)14-11-20(19-18-14)10-12-4-3-9-24-12/h3-4,9,11,13,15H,1-2,5-8,10H2/t13-,15-/m1/s1. The highest BCUT2D eigenvalue weighted by Gasteiger charge is 2.40. The van der Waals surface area contributed by atoms with E-state index in [9.17, 15) is 9.59 Å². The van der Waals surface area contributed by atoms with E-state index in [2.05, 4.69) is 10.3 Å². The van der Waals surface area contributed by atoms with Crippen LogP contribution in [0.4, 0.5) is 0 Å². The summed E-state index contributed by atoms with van der Waals surface area (Å²) in [6, 6.07) is 4.09. The molecule has 0 aromatic carbocycles. The zero-order valence-corrected chi connectivity index (χ0v) is 14.2. The van der Waals surface area contributed by atoms with Crippen LogP contribution in [0, 0.1) is 5.92 Å². The third kappa shape index (κ3) is 2.88. The van der Waals surface area contributed by atoms with E-state index in [-0.39, 0.29) is 17.9 Å². The molecular weight excluding hydrogens is 324 g/mol. The first-order valence-electron chi connectivity index (χ1n) is 8.48.